The van der Waals surface area contributed by atoms with Crippen molar-refractivity contribution in [2.75, 3.05) is 25.5 Å². The zero-order valence-corrected chi connectivity index (χ0v) is 10.4. The van der Waals surface area contributed by atoms with Gasteiger partial charge in [0.1, 0.15) is 0 Å². The van der Waals surface area contributed by atoms with Crippen LogP contribution in [0.15, 0.2) is 0 Å². The number of rotatable bonds is 5. The van der Waals surface area contributed by atoms with Gasteiger partial charge in [0.2, 0.25) is 0 Å². The molecular weight excluding hydrogens is 206 g/mol. The molecule has 0 bridgehead atoms. The Labute approximate surface area is 97.5 Å². The van der Waals surface area contributed by atoms with Gasteiger partial charge in [0.25, 0.3) is 0 Å². The predicted molar refractivity (Wildman–Crippen MR) is 66.6 cm³/mol. The first-order valence-electron chi connectivity index (χ1n) is 6.38. The van der Waals surface area contributed by atoms with Gasteiger partial charge in [-0.25, -0.2) is 0 Å². The van der Waals surface area contributed by atoms with Crippen molar-refractivity contribution in [3.8, 4) is 0 Å². The summed E-state index contributed by atoms with van der Waals surface area (Å²) < 4.78 is 5.36. The molecule has 2 fully saturated rings. The van der Waals surface area contributed by atoms with E-state index in [1.165, 1.54) is 50.8 Å². The zero-order valence-electron chi connectivity index (χ0n) is 9.54. The summed E-state index contributed by atoms with van der Waals surface area (Å²) >= 11 is 2.14. The molecule has 1 saturated carbocycles. The van der Waals surface area contributed by atoms with Crippen molar-refractivity contribution in [1.29, 1.82) is 0 Å². The molecule has 2 aliphatic rings. The second-order valence-corrected chi connectivity index (χ2v) is 6.03. The maximum atomic E-state index is 5.36. The molecule has 0 atom stereocenters. The van der Waals surface area contributed by atoms with Crippen LogP contribution in [0.3, 0.4) is 0 Å². The zero-order chi connectivity index (χ0) is 10.3. The summed E-state index contributed by atoms with van der Waals surface area (Å²) in [4.78, 5) is 0. The molecule has 2 rings (SSSR count). The summed E-state index contributed by atoms with van der Waals surface area (Å²) in [5.41, 5.74) is 0. The fourth-order valence-corrected chi connectivity index (χ4v) is 3.56. The molecule has 2 nitrogen and oxygen atoms in total. The van der Waals surface area contributed by atoms with Gasteiger partial charge in [0, 0.05) is 36.8 Å². The molecule has 1 heterocycles. The molecule has 15 heavy (non-hydrogen) atoms. The number of hydrogen-bond donors (Lipinski definition) is 1. The van der Waals surface area contributed by atoms with Crippen molar-refractivity contribution < 1.29 is 4.74 Å². The van der Waals surface area contributed by atoms with Crippen LogP contribution < -0.4 is 5.32 Å². The van der Waals surface area contributed by atoms with E-state index in [2.05, 4.69) is 17.1 Å². The number of ether oxygens (including phenoxy) is 1. The van der Waals surface area contributed by atoms with E-state index in [1.54, 1.807) is 0 Å². The van der Waals surface area contributed by atoms with Gasteiger partial charge in [0.05, 0.1) is 0 Å². The summed E-state index contributed by atoms with van der Waals surface area (Å²) in [6, 6.07) is 0.834. The van der Waals surface area contributed by atoms with Crippen molar-refractivity contribution >= 4 is 11.8 Å². The molecule has 0 aromatic carbocycles. The minimum Gasteiger partial charge on any atom is -0.381 e. The third-order valence-corrected chi connectivity index (χ3v) is 4.79. The Hall–Kier alpha value is 0.270. The minimum atomic E-state index is 0.834. The fraction of sp³-hybridized carbons (Fsp3) is 1.00. The van der Waals surface area contributed by atoms with Crippen molar-refractivity contribution in [3.63, 3.8) is 0 Å². The third kappa shape index (κ3) is 4.33. The molecule has 1 saturated heterocycles. The van der Waals surface area contributed by atoms with Crippen LogP contribution in [-0.4, -0.2) is 36.8 Å². The number of hydrogen-bond acceptors (Lipinski definition) is 3. The smallest absolute Gasteiger partial charge is 0.0476 e. The van der Waals surface area contributed by atoms with Crippen molar-refractivity contribution in [2.45, 2.75) is 49.8 Å². The summed E-state index contributed by atoms with van der Waals surface area (Å²) in [6.07, 6.45) is 8.20. The van der Waals surface area contributed by atoms with Crippen molar-refractivity contribution in [2.24, 2.45) is 0 Å². The van der Waals surface area contributed by atoms with Crippen LogP contribution in [0.1, 0.15) is 38.5 Å². The first kappa shape index (κ1) is 11.7. The molecule has 0 amide bonds. The van der Waals surface area contributed by atoms with Crippen LogP contribution >= 0.6 is 11.8 Å². The highest BCUT2D eigenvalue weighted by atomic mass is 32.2. The largest absolute Gasteiger partial charge is 0.381 e. The Morgan fingerprint density at radius 3 is 2.53 bits per heavy atom. The lowest BCUT2D eigenvalue weighted by molar-refractivity contribution is 0.100. The van der Waals surface area contributed by atoms with Gasteiger partial charge in [-0.1, -0.05) is 12.8 Å². The average Bonchev–Trinajstić information content (AvgIpc) is 2.79. The first-order chi connectivity index (χ1) is 7.45. The molecule has 0 aromatic rings. The topological polar surface area (TPSA) is 21.3 Å². The molecule has 88 valence electrons. The monoisotopic (exact) mass is 229 g/mol. The average molecular weight is 229 g/mol. The maximum Gasteiger partial charge on any atom is 0.0476 e. The van der Waals surface area contributed by atoms with Crippen molar-refractivity contribution in [3.05, 3.63) is 0 Å². The van der Waals surface area contributed by atoms with Gasteiger partial charge in [-0.05, 0) is 25.7 Å². The van der Waals surface area contributed by atoms with E-state index in [0.717, 1.165) is 24.5 Å². The van der Waals surface area contributed by atoms with Crippen LogP contribution in [0.5, 0.6) is 0 Å². The second-order valence-electron chi connectivity index (χ2n) is 4.62. The SMILES string of the molecule is C1CCC(NCCSC2CCOCC2)C1. The normalized spacial score (nSPS) is 24.8. The number of nitrogens with one attached hydrogen (secondary N) is 1. The van der Waals surface area contributed by atoms with Crippen LogP contribution in [0.25, 0.3) is 0 Å². The molecule has 1 aliphatic heterocycles. The van der Waals surface area contributed by atoms with Crippen LogP contribution in [0.2, 0.25) is 0 Å². The van der Waals surface area contributed by atoms with Gasteiger partial charge in [-0.2, -0.15) is 11.8 Å². The maximum absolute atomic E-state index is 5.36. The quantitative estimate of drug-likeness (QED) is 0.732. The Kier molecular flexibility index (Phi) is 5.30. The molecule has 0 radical (unpaired) electrons. The second kappa shape index (κ2) is 6.77. The van der Waals surface area contributed by atoms with E-state index < -0.39 is 0 Å². The number of thioether (sulfide) groups is 1. The van der Waals surface area contributed by atoms with Gasteiger partial charge < -0.3 is 10.1 Å². The van der Waals surface area contributed by atoms with E-state index >= 15 is 0 Å². The molecular formula is C12H23NOS. The predicted octanol–water partition coefficient (Wildman–Crippen LogP) is 2.43. The van der Waals surface area contributed by atoms with Crippen LogP contribution in [-0.2, 0) is 4.74 Å². The first-order valence-corrected chi connectivity index (χ1v) is 7.43. The van der Waals surface area contributed by atoms with Crippen molar-refractivity contribution in [1.82, 2.24) is 5.32 Å². The lowest BCUT2D eigenvalue weighted by Crippen LogP contribution is -2.29. The summed E-state index contributed by atoms with van der Waals surface area (Å²) in [7, 11) is 0. The molecule has 0 spiro atoms. The van der Waals surface area contributed by atoms with E-state index in [1.807, 2.05) is 0 Å². The van der Waals surface area contributed by atoms with Gasteiger partial charge in [-0.3, -0.25) is 0 Å². The Morgan fingerprint density at radius 2 is 1.80 bits per heavy atom. The lowest BCUT2D eigenvalue weighted by Gasteiger charge is -2.21. The van der Waals surface area contributed by atoms with E-state index in [9.17, 15) is 0 Å². The molecule has 3 heteroatoms. The minimum absolute atomic E-state index is 0.834. The highest BCUT2D eigenvalue weighted by molar-refractivity contribution is 7.99. The van der Waals surface area contributed by atoms with Gasteiger partial charge >= 0.3 is 0 Å². The van der Waals surface area contributed by atoms with Crippen LogP contribution in [0, 0.1) is 0 Å². The highest BCUT2D eigenvalue weighted by Gasteiger charge is 2.15. The highest BCUT2D eigenvalue weighted by Crippen LogP contribution is 2.22. The molecule has 1 aliphatic carbocycles. The summed E-state index contributed by atoms with van der Waals surface area (Å²) in [5, 5.41) is 4.53. The molecule has 0 aromatic heterocycles. The Morgan fingerprint density at radius 1 is 1.07 bits per heavy atom. The Balaban J connectivity index is 1.47. The Bertz CT molecular complexity index is 165. The lowest BCUT2D eigenvalue weighted by atomic mass is 10.2. The van der Waals surface area contributed by atoms with Gasteiger partial charge in [0.15, 0.2) is 0 Å². The summed E-state index contributed by atoms with van der Waals surface area (Å²) in [5.74, 6) is 1.28. The third-order valence-electron chi connectivity index (χ3n) is 3.41. The van der Waals surface area contributed by atoms with E-state index in [-0.39, 0.29) is 0 Å². The fourth-order valence-electron chi connectivity index (χ4n) is 2.46. The van der Waals surface area contributed by atoms with Crippen LogP contribution in [0.4, 0.5) is 0 Å². The van der Waals surface area contributed by atoms with E-state index in [0.29, 0.717) is 0 Å². The van der Waals surface area contributed by atoms with E-state index in [4.69, 9.17) is 4.74 Å². The summed E-state index contributed by atoms with van der Waals surface area (Å²) in [6.45, 7) is 3.16. The molecule has 1 N–H and O–H groups in total. The van der Waals surface area contributed by atoms with Gasteiger partial charge in [-0.15, -0.1) is 0 Å². The standard InChI is InChI=1S/C12H23NOS/c1-2-4-11(3-1)13-7-10-15-12-5-8-14-9-6-12/h11-13H,1-10H2. The molecule has 0 unspecified atom stereocenters.